The normalized spacial score (nSPS) is 15.0. The summed E-state index contributed by atoms with van der Waals surface area (Å²) in [7, 11) is -5.36. The number of sulfone groups is 1. The average molecular weight is 465 g/mol. The lowest BCUT2D eigenvalue weighted by molar-refractivity contribution is -0.137. The van der Waals surface area contributed by atoms with Gasteiger partial charge in [0.2, 0.25) is 15.7 Å². The third-order valence-electron chi connectivity index (χ3n) is 5.05. The van der Waals surface area contributed by atoms with E-state index in [1.807, 2.05) is 0 Å². The van der Waals surface area contributed by atoms with Gasteiger partial charge >= 0.3 is 11.7 Å². The fraction of sp³-hybridized carbons (Fsp3) is 0.350. The van der Waals surface area contributed by atoms with Gasteiger partial charge < -0.3 is 4.90 Å². The molecule has 2 aromatic rings. The Morgan fingerprint density at radius 3 is 2.10 bits per heavy atom. The first-order chi connectivity index (χ1) is 14.3. The second-order valence-corrected chi connectivity index (χ2v) is 9.24. The molecule has 0 fully saturated rings. The molecule has 4 nitrogen and oxygen atoms in total. The third-order valence-corrected chi connectivity index (χ3v) is 6.50. The summed E-state index contributed by atoms with van der Waals surface area (Å²) in [6.45, 7) is 0.321. The lowest BCUT2D eigenvalue weighted by Gasteiger charge is -2.29. The quantitative estimate of drug-likeness (QED) is 0.622. The topological polar surface area (TPSA) is 54.5 Å². The van der Waals surface area contributed by atoms with Crippen LogP contribution >= 0.6 is 0 Å². The van der Waals surface area contributed by atoms with Gasteiger partial charge in [-0.05, 0) is 40.8 Å². The number of alkyl halides is 6. The molecule has 1 heterocycles. The van der Waals surface area contributed by atoms with E-state index >= 15 is 0 Å². The molecule has 0 radical (unpaired) electrons. The number of benzene rings is 2. The number of rotatable bonds is 4. The van der Waals surface area contributed by atoms with Crippen LogP contribution in [0.5, 0.6) is 0 Å². The molecule has 0 saturated carbocycles. The highest BCUT2D eigenvalue weighted by molar-refractivity contribution is 7.92. The van der Waals surface area contributed by atoms with Crippen LogP contribution in [0.1, 0.15) is 23.1 Å². The average Bonchev–Trinajstić information content (AvgIpc) is 2.70. The van der Waals surface area contributed by atoms with Crippen molar-refractivity contribution in [3.8, 4) is 11.1 Å². The van der Waals surface area contributed by atoms with Crippen molar-refractivity contribution in [3.05, 3.63) is 59.2 Å². The van der Waals surface area contributed by atoms with Crippen LogP contribution in [-0.4, -0.2) is 37.0 Å². The van der Waals surface area contributed by atoms with E-state index in [1.54, 1.807) is 18.2 Å². The van der Waals surface area contributed by atoms with E-state index in [-0.39, 0.29) is 13.1 Å². The molecule has 3 rings (SSSR count). The van der Waals surface area contributed by atoms with Crippen molar-refractivity contribution in [3.63, 3.8) is 0 Å². The fourth-order valence-electron chi connectivity index (χ4n) is 3.29. The van der Waals surface area contributed by atoms with Crippen LogP contribution in [-0.2, 0) is 33.8 Å². The van der Waals surface area contributed by atoms with E-state index in [1.165, 1.54) is 17.0 Å². The molecule has 0 unspecified atom stereocenters. The predicted molar refractivity (Wildman–Crippen MR) is 100 cm³/mol. The van der Waals surface area contributed by atoms with E-state index in [2.05, 4.69) is 0 Å². The number of nitrogens with zero attached hydrogens (tertiary/aromatic N) is 1. The van der Waals surface area contributed by atoms with Crippen molar-refractivity contribution < 1.29 is 39.6 Å². The van der Waals surface area contributed by atoms with E-state index in [0.29, 0.717) is 17.5 Å². The Hall–Kier alpha value is -2.56. The van der Waals surface area contributed by atoms with Gasteiger partial charge in [-0.1, -0.05) is 30.3 Å². The first-order valence-electron chi connectivity index (χ1n) is 9.14. The summed E-state index contributed by atoms with van der Waals surface area (Å²) in [4.78, 5) is 13.5. The van der Waals surface area contributed by atoms with Gasteiger partial charge in [0, 0.05) is 19.5 Å². The molecule has 2 aromatic carbocycles. The maximum absolute atomic E-state index is 12.7. The molecule has 1 amide bonds. The summed E-state index contributed by atoms with van der Waals surface area (Å²) in [5.41, 5.74) is -3.25. The van der Waals surface area contributed by atoms with Crippen molar-refractivity contribution >= 4 is 15.7 Å². The lowest BCUT2D eigenvalue weighted by atomic mass is 9.94. The number of hydrogen-bond donors (Lipinski definition) is 0. The first kappa shape index (κ1) is 23.1. The Kier molecular flexibility index (Phi) is 6.09. The highest BCUT2D eigenvalue weighted by Crippen LogP contribution is 2.32. The Morgan fingerprint density at radius 2 is 1.52 bits per heavy atom. The molecule has 1 aliphatic heterocycles. The summed E-state index contributed by atoms with van der Waals surface area (Å²) < 4.78 is 97.6. The Labute approximate surface area is 174 Å². The fourth-order valence-corrected chi connectivity index (χ4v) is 3.97. The molecule has 0 saturated heterocycles. The number of halogens is 6. The maximum Gasteiger partial charge on any atom is 0.497 e. The maximum atomic E-state index is 12.7. The van der Waals surface area contributed by atoms with Crippen LogP contribution in [0.3, 0.4) is 0 Å². The van der Waals surface area contributed by atoms with E-state index in [4.69, 9.17) is 0 Å². The van der Waals surface area contributed by atoms with E-state index in [0.717, 1.165) is 23.3 Å². The van der Waals surface area contributed by atoms with Crippen LogP contribution in [0.2, 0.25) is 0 Å². The largest absolute Gasteiger partial charge is 0.497 e. The Balaban J connectivity index is 1.68. The summed E-state index contributed by atoms with van der Waals surface area (Å²) >= 11 is 0. The zero-order valence-electron chi connectivity index (χ0n) is 15.9. The van der Waals surface area contributed by atoms with E-state index in [9.17, 15) is 39.6 Å². The molecule has 0 atom stereocenters. The number of fused-ring (bicyclic) bond motifs is 1. The molecule has 31 heavy (non-hydrogen) atoms. The van der Waals surface area contributed by atoms with Crippen LogP contribution in [0.25, 0.3) is 11.1 Å². The molecule has 0 bridgehead atoms. The molecule has 1 aliphatic rings. The highest BCUT2D eigenvalue weighted by Gasteiger charge is 2.45. The highest BCUT2D eigenvalue weighted by atomic mass is 32.2. The molecule has 168 valence electrons. The first-order valence-corrected chi connectivity index (χ1v) is 10.8. The molecular formula is C20H17F6NO3S. The molecule has 11 heteroatoms. The molecule has 0 aromatic heterocycles. The second-order valence-electron chi connectivity index (χ2n) is 7.14. The second kappa shape index (κ2) is 8.18. The van der Waals surface area contributed by atoms with Crippen molar-refractivity contribution in [1.29, 1.82) is 0 Å². The van der Waals surface area contributed by atoms with Gasteiger partial charge in [0.15, 0.2) is 0 Å². The SMILES string of the molecule is O=C(CCS(=O)(=O)C(F)(F)F)N1CCc2cc(-c3ccc(C(F)(F)F)cc3)ccc2C1. The van der Waals surface area contributed by atoms with Crippen molar-refractivity contribution in [2.75, 3.05) is 12.3 Å². The Morgan fingerprint density at radius 1 is 0.903 bits per heavy atom. The number of hydrogen-bond acceptors (Lipinski definition) is 3. The lowest BCUT2D eigenvalue weighted by Crippen LogP contribution is -2.37. The van der Waals surface area contributed by atoms with Crippen molar-refractivity contribution in [2.45, 2.75) is 31.1 Å². The van der Waals surface area contributed by atoms with Crippen LogP contribution in [0.4, 0.5) is 26.3 Å². The number of carbonyl (C=O) groups is 1. The zero-order valence-corrected chi connectivity index (χ0v) is 16.7. The Bertz CT molecular complexity index is 1080. The minimum atomic E-state index is -5.39. The predicted octanol–water partition coefficient (Wildman–Crippen LogP) is 4.58. The molecular weight excluding hydrogens is 448 g/mol. The van der Waals surface area contributed by atoms with Gasteiger partial charge in [0.25, 0.3) is 0 Å². The summed E-state index contributed by atoms with van der Waals surface area (Å²) in [6.07, 6.45) is -4.80. The zero-order chi connectivity index (χ0) is 23.0. The summed E-state index contributed by atoms with van der Waals surface area (Å²) in [6, 6.07) is 9.90. The minimum absolute atomic E-state index is 0.119. The van der Waals surface area contributed by atoms with Crippen molar-refractivity contribution in [1.82, 2.24) is 4.90 Å². The van der Waals surface area contributed by atoms with Crippen LogP contribution < -0.4 is 0 Å². The monoisotopic (exact) mass is 465 g/mol. The smallest absolute Gasteiger partial charge is 0.338 e. The standard InChI is InChI=1S/C20H17F6NO3S/c21-19(22,23)17-5-3-13(4-6-17)14-1-2-16-12-27(9-7-15(16)11-14)18(28)8-10-31(29,30)20(24,25)26/h1-6,11H,7-10,12H2. The summed E-state index contributed by atoms with van der Waals surface area (Å²) in [5.74, 6) is -1.99. The third kappa shape index (κ3) is 5.20. The molecule has 0 N–H and O–H groups in total. The van der Waals surface area contributed by atoms with Gasteiger partial charge in [-0.25, -0.2) is 8.42 Å². The van der Waals surface area contributed by atoms with Gasteiger partial charge in [0.05, 0.1) is 11.3 Å². The van der Waals surface area contributed by atoms with Gasteiger partial charge in [-0.2, -0.15) is 26.3 Å². The summed E-state index contributed by atoms with van der Waals surface area (Å²) in [5, 5.41) is 0. The van der Waals surface area contributed by atoms with E-state index < -0.39 is 45.2 Å². The number of carbonyl (C=O) groups excluding carboxylic acids is 1. The van der Waals surface area contributed by atoms with Gasteiger partial charge in [0.1, 0.15) is 0 Å². The molecule has 0 aliphatic carbocycles. The number of amides is 1. The van der Waals surface area contributed by atoms with Gasteiger partial charge in [-0.3, -0.25) is 4.79 Å². The van der Waals surface area contributed by atoms with Crippen molar-refractivity contribution in [2.24, 2.45) is 0 Å². The van der Waals surface area contributed by atoms with Crippen LogP contribution in [0.15, 0.2) is 42.5 Å². The van der Waals surface area contributed by atoms with Crippen LogP contribution in [0, 0.1) is 0 Å². The minimum Gasteiger partial charge on any atom is -0.338 e. The van der Waals surface area contributed by atoms with Gasteiger partial charge in [-0.15, -0.1) is 0 Å². The molecule has 0 spiro atoms.